The molecule has 0 aliphatic heterocycles. The number of benzene rings is 1. The van der Waals surface area contributed by atoms with Gasteiger partial charge < -0.3 is 14.8 Å². The Bertz CT molecular complexity index is 375. The van der Waals surface area contributed by atoms with Crippen molar-refractivity contribution in [1.82, 2.24) is 0 Å². The van der Waals surface area contributed by atoms with Crippen LogP contribution in [-0.4, -0.2) is 20.3 Å². The molecule has 0 atom stereocenters. The minimum Gasteiger partial charge on any atom is -0.497 e. The maximum atomic E-state index is 5.30. The van der Waals surface area contributed by atoms with E-state index >= 15 is 0 Å². The summed E-state index contributed by atoms with van der Waals surface area (Å²) >= 11 is 0. The van der Waals surface area contributed by atoms with Crippen molar-refractivity contribution in [2.45, 2.75) is 45.1 Å². The van der Waals surface area contributed by atoms with Crippen molar-refractivity contribution in [3.8, 4) is 11.5 Å². The molecule has 0 heterocycles. The lowest BCUT2D eigenvalue weighted by Crippen LogP contribution is -2.25. The molecule has 1 fully saturated rings. The highest BCUT2D eigenvalue weighted by Crippen LogP contribution is 2.31. The van der Waals surface area contributed by atoms with E-state index in [0.29, 0.717) is 6.04 Å². The Labute approximate surface area is 116 Å². The molecule has 19 heavy (non-hydrogen) atoms. The van der Waals surface area contributed by atoms with Gasteiger partial charge in [0.05, 0.1) is 14.2 Å². The van der Waals surface area contributed by atoms with Crippen LogP contribution in [0.25, 0.3) is 0 Å². The summed E-state index contributed by atoms with van der Waals surface area (Å²) in [6.07, 6.45) is 6.53. The van der Waals surface area contributed by atoms with Gasteiger partial charge in [-0.25, -0.2) is 0 Å². The third-order valence-electron chi connectivity index (χ3n) is 4.15. The largest absolute Gasteiger partial charge is 0.497 e. The van der Waals surface area contributed by atoms with Crippen molar-refractivity contribution in [1.29, 1.82) is 0 Å². The second kappa shape index (κ2) is 6.69. The number of hydrogen-bond acceptors (Lipinski definition) is 3. The summed E-state index contributed by atoms with van der Waals surface area (Å²) in [4.78, 5) is 0. The Balaban J connectivity index is 1.99. The molecule has 0 aromatic heterocycles. The predicted octanol–water partition coefficient (Wildman–Crippen LogP) is 4.08. The lowest BCUT2D eigenvalue weighted by atomic mass is 9.84. The van der Waals surface area contributed by atoms with E-state index in [-0.39, 0.29) is 0 Å². The van der Waals surface area contributed by atoms with Gasteiger partial charge in [-0.05, 0) is 31.6 Å². The molecule has 3 heteroatoms. The van der Waals surface area contributed by atoms with Gasteiger partial charge in [-0.2, -0.15) is 0 Å². The third kappa shape index (κ3) is 3.79. The van der Waals surface area contributed by atoms with E-state index in [1.165, 1.54) is 32.1 Å². The summed E-state index contributed by atoms with van der Waals surface area (Å²) < 4.78 is 10.6. The number of hydrogen-bond donors (Lipinski definition) is 1. The molecule has 1 aliphatic rings. The lowest BCUT2D eigenvalue weighted by molar-refractivity contribution is 0.330. The van der Waals surface area contributed by atoms with Crippen LogP contribution in [0.5, 0.6) is 11.5 Å². The smallest absolute Gasteiger partial charge is 0.124 e. The first-order valence-corrected chi connectivity index (χ1v) is 7.24. The minimum atomic E-state index is 0.583. The van der Waals surface area contributed by atoms with Crippen molar-refractivity contribution >= 4 is 5.69 Å². The van der Waals surface area contributed by atoms with Crippen molar-refractivity contribution in [3.05, 3.63) is 18.2 Å². The van der Waals surface area contributed by atoms with E-state index in [1.807, 2.05) is 18.2 Å². The number of rotatable bonds is 5. The number of anilines is 1. The molecule has 0 spiro atoms. The average molecular weight is 263 g/mol. The maximum Gasteiger partial charge on any atom is 0.124 e. The highest BCUT2D eigenvalue weighted by molar-refractivity contribution is 5.54. The molecule has 1 N–H and O–H groups in total. The molecule has 0 radical (unpaired) electrons. The Hall–Kier alpha value is -1.38. The van der Waals surface area contributed by atoms with Crippen LogP contribution in [0.2, 0.25) is 0 Å². The SMILES string of the molecule is CCC1CCC(Nc2cc(OC)cc(OC)c2)CC1. The van der Waals surface area contributed by atoms with E-state index < -0.39 is 0 Å². The summed E-state index contributed by atoms with van der Waals surface area (Å²) in [6.45, 7) is 2.30. The zero-order chi connectivity index (χ0) is 13.7. The van der Waals surface area contributed by atoms with Gasteiger partial charge in [0, 0.05) is 29.9 Å². The van der Waals surface area contributed by atoms with Crippen LogP contribution in [0.4, 0.5) is 5.69 Å². The fraction of sp³-hybridized carbons (Fsp3) is 0.625. The average Bonchev–Trinajstić information content (AvgIpc) is 2.47. The number of methoxy groups -OCH3 is 2. The Morgan fingerprint density at radius 3 is 2.05 bits per heavy atom. The quantitative estimate of drug-likeness (QED) is 0.868. The van der Waals surface area contributed by atoms with Gasteiger partial charge in [0.25, 0.3) is 0 Å². The minimum absolute atomic E-state index is 0.583. The topological polar surface area (TPSA) is 30.5 Å². The molecule has 0 unspecified atom stereocenters. The van der Waals surface area contributed by atoms with Crippen LogP contribution < -0.4 is 14.8 Å². The van der Waals surface area contributed by atoms with E-state index in [1.54, 1.807) is 14.2 Å². The zero-order valence-electron chi connectivity index (χ0n) is 12.2. The Morgan fingerprint density at radius 2 is 1.58 bits per heavy atom. The van der Waals surface area contributed by atoms with Gasteiger partial charge in [-0.15, -0.1) is 0 Å². The van der Waals surface area contributed by atoms with Gasteiger partial charge in [0.15, 0.2) is 0 Å². The summed E-state index contributed by atoms with van der Waals surface area (Å²) in [5.74, 6) is 2.60. The molecular weight excluding hydrogens is 238 g/mol. The second-order valence-corrected chi connectivity index (χ2v) is 5.37. The number of nitrogens with one attached hydrogen (secondary N) is 1. The van der Waals surface area contributed by atoms with Gasteiger partial charge in [-0.3, -0.25) is 0 Å². The molecule has 1 aromatic carbocycles. The Morgan fingerprint density at radius 1 is 1.00 bits per heavy atom. The van der Waals surface area contributed by atoms with Crippen molar-refractivity contribution in [3.63, 3.8) is 0 Å². The van der Waals surface area contributed by atoms with Crippen molar-refractivity contribution in [2.75, 3.05) is 19.5 Å². The van der Waals surface area contributed by atoms with E-state index in [2.05, 4.69) is 12.2 Å². The van der Waals surface area contributed by atoms with Gasteiger partial charge >= 0.3 is 0 Å². The molecule has 2 rings (SSSR count). The van der Waals surface area contributed by atoms with E-state index in [0.717, 1.165) is 23.1 Å². The molecule has 3 nitrogen and oxygen atoms in total. The van der Waals surface area contributed by atoms with Crippen molar-refractivity contribution in [2.24, 2.45) is 5.92 Å². The molecule has 0 bridgehead atoms. The normalized spacial score (nSPS) is 22.9. The highest BCUT2D eigenvalue weighted by atomic mass is 16.5. The third-order valence-corrected chi connectivity index (χ3v) is 4.15. The summed E-state index contributed by atoms with van der Waals surface area (Å²) in [6, 6.07) is 6.56. The van der Waals surface area contributed by atoms with E-state index in [4.69, 9.17) is 9.47 Å². The zero-order valence-corrected chi connectivity index (χ0v) is 12.2. The standard InChI is InChI=1S/C16H25NO2/c1-4-12-5-7-13(8-6-12)17-14-9-15(18-2)11-16(10-14)19-3/h9-13,17H,4-8H2,1-3H3. The van der Waals surface area contributed by atoms with Crippen LogP contribution in [0.1, 0.15) is 39.0 Å². The van der Waals surface area contributed by atoms with Gasteiger partial charge in [0.2, 0.25) is 0 Å². The fourth-order valence-corrected chi connectivity index (χ4v) is 2.84. The lowest BCUT2D eigenvalue weighted by Gasteiger charge is -2.29. The van der Waals surface area contributed by atoms with Crippen LogP contribution >= 0.6 is 0 Å². The summed E-state index contributed by atoms with van der Waals surface area (Å²) in [5, 5.41) is 3.61. The number of ether oxygens (including phenoxy) is 2. The molecule has 1 saturated carbocycles. The van der Waals surface area contributed by atoms with E-state index in [9.17, 15) is 0 Å². The molecule has 0 saturated heterocycles. The predicted molar refractivity (Wildman–Crippen MR) is 79.2 cm³/mol. The molecule has 1 aliphatic carbocycles. The first-order valence-electron chi connectivity index (χ1n) is 7.24. The van der Waals surface area contributed by atoms with Gasteiger partial charge in [-0.1, -0.05) is 13.3 Å². The first kappa shape index (κ1) is 14.0. The molecular formula is C16H25NO2. The van der Waals surface area contributed by atoms with Crippen LogP contribution in [-0.2, 0) is 0 Å². The van der Waals surface area contributed by atoms with Gasteiger partial charge in [0.1, 0.15) is 11.5 Å². The van der Waals surface area contributed by atoms with Crippen LogP contribution in [0.3, 0.4) is 0 Å². The summed E-state index contributed by atoms with van der Waals surface area (Å²) in [5.41, 5.74) is 1.09. The van der Waals surface area contributed by atoms with Crippen LogP contribution in [0.15, 0.2) is 18.2 Å². The summed E-state index contributed by atoms with van der Waals surface area (Å²) in [7, 11) is 3.37. The molecule has 106 valence electrons. The van der Waals surface area contributed by atoms with Crippen molar-refractivity contribution < 1.29 is 9.47 Å². The first-order chi connectivity index (χ1) is 9.25. The fourth-order valence-electron chi connectivity index (χ4n) is 2.84. The Kier molecular flexibility index (Phi) is 4.94. The second-order valence-electron chi connectivity index (χ2n) is 5.37. The van der Waals surface area contributed by atoms with Crippen LogP contribution in [0, 0.1) is 5.92 Å². The monoisotopic (exact) mass is 263 g/mol. The molecule has 0 amide bonds. The maximum absolute atomic E-state index is 5.30. The highest BCUT2D eigenvalue weighted by Gasteiger charge is 2.19. The molecule has 1 aromatic rings.